The standard InChI is InChI=1S/C25H29N5O2S/c1-16-3-5-17(6-4-16)29-22-8-7-18(33(27,32)25(15-26)10-11-25)13-20(22)21-14-30(2)24(31)23-19(21)9-12-28-23/h7-9,12-14,16-17,27-29H,3-6,10-11H2,1-2H3. The second kappa shape index (κ2) is 7.77. The van der Waals surface area contributed by atoms with Crippen molar-refractivity contribution in [1.29, 1.82) is 10.0 Å². The maximum Gasteiger partial charge on any atom is 0.274 e. The topological polar surface area (TPSA) is 115 Å². The van der Waals surface area contributed by atoms with Crippen LogP contribution in [-0.2, 0) is 16.8 Å². The molecule has 2 aliphatic carbocycles. The van der Waals surface area contributed by atoms with Crippen molar-refractivity contribution in [2.45, 2.75) is 61.1 Å². The smallest absolute Gasteiger partial charge is 0.274 e. The molecule has 1 aromatic carbocycles. The van der Waals surface area contributed by atoms with Crippen molar-refractivity contribution >= 4 is 26.3 Å². The van der Waals surface area contributed by atoms with E-state index in [-0.39, 0.29) is 5.56 Å². The third-order valence-electron chi connectivity index (χ3n) is 7.34. The number of anilines is 1. The molecule has 0 radical (unpaired) electrons. The maximum absolute atomic E-state index is 13.5. The lowest BCUT2D eigenvalue weighted by atomic mass is 9.87. The zero-order chi connectivity index (χ0) is 23.4. The first-order valence-corrected chi connectivity index (χ1v) is 13.1. The van der Waals surface area contributed by atoms with Gasteiger partial charge in [0.1, 0.15) is 10.3 Å². The number of nitriles is 1. The zero-order valence-corrected chi connectivity index (χ0v) is 19.8. The summed E-state index contributed by atoms with van der Waals surface area (Å²) in [5.41, 5.74) is 2.94. The number of rotatable bonds is 5. The highest BCUT2D eigenvalue weighted by atomic mass is 32.2. The molecule has 2 heterocycles. The van der Waals surface area contributed by atoms with Gasteiger partial charge in [0.15, 0.2) is 0 Å². The number of fused-ring (bicyclic) bond motifs is 1. The van der Waals surface area contributed by atoms with Crippen LogP contribution in [0.25, 0.3) is 22.0 Å². The molecule has 2 aromatic heterocycles. The summed E-state index contributed by atoms with van der Waals surface area (Å²) >= 11 is 0. The number of hydrogen-bond acceptors (Lipinski definition) is 5. The van der Waals surface area contributed by atoms with Crippen molar-refractivity contribution in [3.8, 4) is 17.2 Å². The van der Waals surface area contributed by atoms with Gasteiger partial charge < -0.3 is 14.9 Å². The van der Waals surface area contributed by atoms with E-state index in [1.54, 1.807) is 36.1 Å². The van der Waals surface area contributed by atoms with Crippen molar-refractivity contribution in [3.05, 3.63) is 47.0 Å². The Morgan fingerprint density at radius 3 is 2.61 bits per heavy atom. The zero-order valence-electron chi connectivity index (χ0n) is 19.0. The first kappa shape index (κ1) is 21.8. The Hall–Kier alpha value is -3.05. The Morgan fingerprint density at radius 1 is 1.21 bits per heavy atom. The summed E-state index contributed by atoms with van der Waals surface area (Å²) in [5.74, 6) is 0.738. The van der Waals surface area contributed by atoms with Crippen molar-refractivity contribution in [2.75, 3.05) is 5.32 Å². The molecule has 172 valence electrons. The molecule has 2 fully saturated rings. The summed E-state index contributed by atoms with van der Waals surface area (Å²) in [6.45, 7) is 2.29. The van der Waals surface area contributed by atoms with Crippen LogP contribution in [0.15, 0.2) is 46.3 Å². The Morgan fingerprint density at radius 2 is 1.94 bits per heavy atom. The molecule has 1 unspecified atom stereocenters. The van der Waals surface area contributed by atoms with Crippen LogP contribution in [0.5, 0.6) is 0 Å². The number of aromatic amines is 1. The first-order valence-electron chi connectivity index (χ1n) is 11.5. The molecule has 0 saturated heterocycles. The van der Waals surface area contributed by atoms with E-state index in [4.69, 9.17) is 4.78 Å². The van der Waals surface area contributed by atoms with Crippen molar-refractivity contribution in [3.63, 3.8) is 0 Å². The van der Waals surface area contributed by atoms with Crippen molar-refractivity contribution in [2.24, 2.45) is 13.0 Å². The minimum atomic E-state index is -3.29. The molecule has 3 N–H and O–H groups in total. The van der Waals surface area contributed by atoms with Crippen molar-refractivity contribution < 1.29 is 4.21 Å². The molecule has 33 heavy (non-hydrogen) atoms. The van der Waals surface area contributed by atoms with Crippen LogP contribution < -0.4 is 10.9 Å². The van der Waals surface area contributed by atoms with Crippen LogP contribution >= 0.6 is 0 Å². The molecule has 2 saturated carbocycles. The summed E-state index contributed by atoms with van der Waals surface area (Å²) in [5, 5.41) is 14.1. The van der Waals surface area contributed by atoms with E-state index < -0.39 is 14.5 Å². The van der Waals surface area contributed by atoms with Gasteiger partial charge in [-0.25, -0.2) is 8.99 Å². The number of pyridine rings is 1. The average Bonchev–Trinajstić information content (AvgIpc) is 3.47. The highest BCUT2D eigenvalue weighted by Gasteiger charge is 2.53. The van der Waals surface area contributed by atoms with Gasteiger partial charge in [0.2, 0.25) is 0 Å². The predicted octanol–water partition coefficient (Wildman–Crippen LogP) is 4.99. The minimum Gasteiger partial charge on any atom is -0.382 e. The van der Waals surface area contributed by atoms with Crippen LogP contribution in [-0.4, -0.2) is 24.5 Å². The fourth-order valence-electron chi connectivity index (χ4n) is 4.96. The van der Waals surface area contributed by atoms with Gasteiger partial charge in [-0.05, 0) is 68.7 Å². The van der Waals surface area contributed by atoms with Gasteiger partial charge in [-0.15, -0.1) is 0 Å². The molecule has 7 nitrogen and oxygen atoms in total. The van der Waals surface area contributed by atoms with Gasteiger partial charge >= 0.3 is 0 Å². The summed E-state index contributed by atoms with van der Waals surface area (Å²) < 4.78 is 22.6. The van der Waals surface area contributed by atoms with E-state index in [0.717, 1.165) is 41.0 Å². The van der Waals surface area contributed by atoms with Gasteiger partial charge in [0, 0.05) is 52.6 Å². The van der Waals surface area contributed by atoms with Crippen LogP contribution in [0.4, 0.5) is 5.69 Å². The Kier molecular flexibility index (Phi) is 5.13. The number of nitrogens with one attached hydrogen (secondary N) is 3. The molecule has 1 atom stereocenters. The maximum atomic E-state index is 13.5. The second-order valence-electron chi connectivity index (χ2n) is 9.70. The van der Waals surface area contributed by atoms with E-state index in [2.05, 4.69) is 23.3 Å². The van der Waals surface area contributed by atoms with Gasteiger partial charge in [0.25, 0.3) is 5.56 Å². The monoisotopic (exact) mass is 463 g/mol. The summed E-state index contributed by atoms with van der Waals surface area (Å²) in [7, 11) is -1.57. The normalized spacial score (nSPS) is 23.5. The minimum absolute atomic E-state index is 0.114. The van der Waals surface area contributed by atoms with Gasteiger partial charge in [-0.1, -0.05) is 6.92 Å². The lowest BCUT2D eigenvalue weighted by Gasteiger charge is -2.29. The number of aromatic nitrogens is 2. The molecule has 5 rings (SSSR count). The Labute approximate surface area is 193 Å². The lowest BCUT2D eigenvalue weighted by molar-refractivity contribution is 0.361. The quantitative estimate of drug-likeness (QED) is 0.495. The summed E-state index contributed by atoms with van der Waals surface area (Å²) in [6, 6.07) is 9.80. The second-order valence-corrected chi connectivity index (χ2v) is 12.1. The third kappa shape index (κ3) is 3.55. The molecule has 8 heteroatoms. The highest BCUT2D eigenvalue weighted by molar-refractivity contribution is 7.94. The average molecular weight is 464 g/mol. The lowest BCUT2D eigenvalue weighted by Crippen LogP contribution is -2.26. The predicted molar refractivity (Wildman–Crippen MR) is 131 cm³/mol. The molecule has 0 spiro atoms. The molecule has 2 aliphatic rings. The van der Waals surface area contributed by atoms with E-state index in [9.17, 15) is 14.3 Å². The van der Waals surface area contributed by atoms with Gasteiger partial charge in [0.05, 0.1) is 15.8 Å². The van der Waals surface area contributed by atoms with Gasteiger partial charge in [-0.2, -0.15) is 5.26 Å². The Balaban J connectivity index is 1.67. The number of hydrogen-bond donors (Lipinski definition) is 3. The third-order valence-corrected chi connectivity index (χ3v) is 9.86. The van der Waals surface area contributed by atoms with Crippen molar-refractivity contribution in [1.82, 2.24) is 9.55 Å². The van der Waals surface area contributed by atoms with E-state index >= 15 is 0 Å². The summed E-state index contributed by atoms with van der Waals surface area (Å²) in [6.07, 6.45) is 9.05. The van der Waals surface area contributed by atoms with E-state index in [1.165, 1.54) is 12.8 Å². The van der Waals surface area contributed by atoms with Crippen LogP contribution in [0.1, 0.15) is 45.4 Å². The number of benzene rings is 1. The SMILES string of the molecule is CC1CCC(Nc2ccc(S(=N)(=O)C3(C#N)CC3)cc2-c2cn(C)c(=O)c3[nH]ccc23)CC1. The first-order chi connectivity index (χ1) is 15.8. The number of nitrogens with zero attached hydrogens (tertiary/aromatic N) is 2. The molecule has 0 amide bonds. The number of H-pyrrole nitrogens is 1. The Bertz CT molecular complexity index is 1430. The molecule has 3 aromatic rings. The fraction of sp³-hybridized carbons (Fsp3) is 0.440. The highest BCUT2D eigenvalue weighted by Crippen LogP contribution is 2.48. The van der Waals surface area contributed by atoms with Gasteiger partial charge in [-0.3, -0.25) is 4.79 Å². The summed E-state index contributed by atoms with van der Waals surface area (Å²) in [4.78, 5) is 16.0. The fourth-order valence-corrected chi connectivity index (χ4v) is 6.76. The van der Waals surface area contributed by atoms with Crippen LogP contribution in [0, 0.1) is 22.0 Å². The molecule has 0 aliphatic heterocycles. The molecular weight excluding hydrogens is 434 g/mol. The number of aryl methyl sites for hydroxylation is 1. The molecular formula is C25H29N5O2S. The van der Waals surface area contributed by atoms with Crippen LogP contribution in [0.2, 0.25) is 0 Å². The van der Waals surface area contributed by atoms with E-state index in [0.29, 0.717) is 29.3 Å². The molecule has 0 bridgehead atoms. The van der Waals surface area contributed by atoms with E-state index in [1.807, 2.05) is 12.1 Å². The van der Waals surface area contributed by atoms with Crippen LogP contribution in [0.3, 0.4) is 0 Å². The largest absolute Gasteiger partial charge is 0.382 e.